The zero-order chi connectivity index (χ0) is 51.9. The van der Waals surface area contributed by atoms with Gasteiger partial charge in [0.05, 0.1) is 24.2 Å². The molecule has 0 aromatic heterocycles. The van der Waals surface area contributed by atoms with Crippen molar-refractivity contribution in [3.8, 4) is 0 Å². The van der Waals surface area contributed by atoms with Gasteiger partial charge < -0.3 is 51.5 Å². The number of amides is 6. The number of aryl methyl sites for hydroxylation is 2. The molecule has 0 bridgehead atoms. The van der Waals surface area contributed by atoms with Crippen LogP contribution in [0.15, 0.2) is 36.4 Å². The van der Waals surface area contributed by atoms with Crippen LogP contribution >= 0.6 is 0 Å². The molecule has 6 amide bonds. The van der Waals surface area contributed by atoms with Gasteiger partial charge in [0.15, 0.2) is 0 Å². The van der Waals surface area contributed by atoms with Crippen LogP contribution in [0.25, 0.3) is 0 Å². The number of hydrogen-bond acceptors (Lipinski definition) is 10. The summed E-state index contributed by atoms with van der Waals surface area (Å²) < 4.78 is 0. The highest BCUT2D eigenvalue weighted by Crippen LogP contribution is 2.37. The van der Waals surface area contributed by atoms with Crippen LogP contribution in [0.1, 0.15) is 164 Å². The second-order valence-corrected chi connectivity index (χ2v) is 22.8. The molecule has 3 heterocycles. The minimum Gasteiger partial charge on any atom is -0.368 e. The highest BCUT2D eigenvalue weighted by molar-refractivity contribution is 5.95. The molecular weight excluding hydrogens is 933 g/mol. The molecule has 9 rings (SSSR count). The average Bonchev–Trinajstić information content (AvgIpc) is 4.15. The second-order valence-electron chi connectivity index (χ2n) is 22.8. The van der Waals surface area contributed by atoms with Crippen molar-refractivity contribution in [2.24, 2.45) is 11.8 Å². The molecule has 0 spiro atoms. The van der Waals surface area contributed by atoms with Crippen molar-refractivity contribution in [3.05, 3.63) is 58.7 Å². The van der Waals surface area contributed by atoms with E-state index in [0.29, 0.717) is 25.9 Å². The number of benzene rings is 2. The summed E-state index contributed by atoms with van der Waals surface area (Å²) in [5.74, 6) is -0.645. The van der Waals surface area contributed by atoms with Crippen LogP contribution in [0.4, 0.5) is 11.4 Å². The molecule has 16 nitrogen and oxygen atoms in total. The average molecular weight is 1020 g/mol. The van der Waals surface area contributed by atoms with E-state index in [2.05, 4.69) is 78.1 Å². The van der Waals surface area contributed by atoms with E-state index >= 15 is 0 Å². The monoisotopic (exact) mass is 1020 g/mol. The van der Waals surface area contributed by atoms with Gasteiger partial charge in [-0.3, -0.25) is 28.8 Å². The number of likely N-dealkylation sites (N-methyl/N-ethyl adjacent to an activating group) is 2. The van der Waals surface area contributed by atoms with Crippen molar-refractivity contribution in [2.45, 2.75) is 191 Å². The summed E-state index contributed by atoms with van der Waals surface area (Å²) in [6, 6.07) is 10.1. The number of carbonyl (C=O) groups is 6. The van der Waals surface area contributed by atoms with Gasteiger partial charge in [0, 0.05) is 50.6 Å². The fraction of sp³-hybridized carbons (Fsp3) is 0.690. The van der Waals surface area contributed by atoms with Gasteiger partial charge in [-0.2, -0.15) is 0 Å². The normalized spacial score (nSPS) is 25.2. The maximum atomic E-state index is 14.3. The first-order valence-electron chi connectivity index (χ1n) is 28.8. The van der Waals surface area contributed by atoms with E-state index in [1.807, 2.05) is 0 Å². The Morgan fingerprint density at radius 3 is 1.24 bits per heavy atom. The quantitative estimate of drug-likeness (QED) is 0.128. The van der Waals surface area contributed by atoms with Crippen molar-refractivity contribution >= 4 is 46.8 Å². The molecule has 8 atom stereocenters. The third-order valence-electron chi connectivity index (χ3n) is 18.2. The SMILES string of the molecule is CN[C@@H](C)C(=O)NC(C(=O)N1CCC[C@H]1C(=O)N[C@@H]1CCCc2cc(N3CCN(c4ccc5c(c4)CCC[C@H]5NC(=O)[C@@H]4CCCN4C(=O)[C@@H](NC(=O)[C@H](C)NC)C4CCCCC4)CC3)ccc21)C1CCCCC1. The molecule has 2 saturated carbocycles. The molecule has 0 radical (unpaired) electrons. The van der Waals surface area contributed by atoms with Crippen LogP contribution in [0.3, 0.4) is 0 Å². The molecule has 404 valence electrons. The Morgan fingerprint density at radius 2 is 0.865 bits per heavy atom. The van der Waals surface area contributed by atoms with E-state index in [9.17, 15) is 28.8 Å². The van der Waals surface area contributed by atoms with Gasteiger partial charge in [-0.25, -0.2) is 0 Å². The number of anilines is 2. The Labute approximate surface area is 440 Å². The molecule has 2 aromatic rings. The van der Waals surface area contributed by atoms with E-state index in [1.165, 1.54) is 22.5 Å². The summed E-state index contributed by atoms with van der Waals surface area (Å²) in [5, 5.41) is 19.0. The molecule has 3 saturated heterocycles. The van der Waals surface area contributed by atoms with E-state index in [0.717, 1.165) is 153 Å². The molecule has 5 fully saturated rings. The highest BCUT2D eigenvalue weighted by Gasteiger charge is 2.44. The Kier molecular flexibility index (Phi) is 17.8. The van der Waals surface area contributed by atoms with Gasteiger partial charge in [-0.05, 0) is 176 Å². The minimum atomic E-state index is -0.620. The largest absolute Gasteiger partial charge is 0.368 e. The number of likely N-dealkylation sites (tertiary alicyclic amines) is 2. The Morgan fingerprint density at radius 1 is 0.473 bits per heavy atom. The van der Waals surface area contributed by atoms with Crippen LogP contribution in [0.5, 0.6) is 0 Å². The summed E-state index contributed by atoms with van der Waals surface area (Å²) in [6.07, 6.45) is 18.5. The zero-order valence-corrected chi connectivity index (χ0v) is 44.9. The van der Waals surface area contributed by atoms with Crippen molar-refractivity contribution < 1.29 is 28.8 Å². The number of fused-ring (bicyclic) bond motifs is 2. The smallest absolute Gasteiger partial charge is 0.246 e. The lowest BCUT2D eigenvalue weighted by Gasteiger charge is -2.39. The van der Waals surface area contributed by atoms with Crippen LogP contribution in [0.2, 0.25) is 0 Å². The number of rotatable bonds is 16. The molecule has 4 aliphatic carbocycles. The topological polar surface area (TPSA) is 188 Å². The highest BCUT2D eigenvalue weighted by atomic mass is 16.2. The molecule has 7 aliphatic rings. The lowest BCUT2D eigenvalue weighted by atomic mass is 9.83. The predicted octanol–water partition coefficient (Wildman–Crippen LogP) is 5.33. The molecule has 2 aromatic carbocycles. The molecule has 16 heteroatoms. The fourth-order valence-electron chi connectivity index (χ4n) is 13.5. The van der Waals surface area contributed by atoms with Gasteiger partial charge in [0.2, 0.25) is 35.4 Å². The molecular formula is C58H86N10O6. The summed E-state index contributed by atoms with van der Waals surface area (Å²) in [7, 11) is 3.49. The van der Waals surface area contributed by atoms with E-state index in [4.69, 9.17) is 0 Å². The van der Waals surface area contributed by atoms with Crippen molar-refractivity contribution in [2.75, 3.05) is 63.2 Å². The summed E-state index contributed by atoms with van der Waals surface area (Å²) in [4.78, 5) is 91.5. The first-order chi connectivity index (χ1) is 35.9. The first-order valence-corrected chi connectivity index (χ1v) is 28.8. The molecule has 6 N–H and O–H groups in total. The fourth-order valence-corrected chi connectivity index (χ4v) is 13.5. The van der Waals surface area contributed by atoms with E-state index < -0.39 is 36.3 Å². The standard InChI is InChI=1S/C58H86N10O6/c1-37(59-3)53(69)63-51(39-15-7-5-8-16-39)57(73)67-29-13-23-49(67)55(71)61-47-21-11-19-41-35-43(25-27-45(41)47)65-31-33-66(34-32-65)44-26-28-46-42(36-44)20-12-22-48(46)62-56(72)50-24-14-30-68(50)58(74)52(40-17-9-6-10-18-40)64-54(70)38(2)60-4/h25-28,35-40,47-52,59-60H,5-24,29-34H2,1-4H3,(H,61,71)(H,62,72)(H,63,69)(H,64,70)/t37-,38-,47+,48+,49-,50-,51-,52?/m0/s1. The van der Waals surface area contributed by atoms with Gasteiger partial charge in [0.1, 0.15) is 24.2 Å². The van der Waals surface area contributed by atoms with Gasteiger partial charge >= 0.3 is 0 Å². The second kappa shape index (κ2) is 24.6. The summed E-state index contributed by atoms with van der Waals surface area (Å²) in [5.41, 5.74) is 7.28. The molecule has 3 aliphatic heterocycles. The number of nitrogens with zero attached hydrogens (tertiary/aromatic N) is 4. The lowest BCUT2D eigenvalue weighted by Crippen LogP contribution is -2.58. The van der Waals surface area contributed by atoms with Crippen molar-refractivity contribution in [3.63, 3.8) is 0 Å². The van der Waals surface area contributed by atoms with E-state index in [1.54, 1.807) is 37.7 Å². The van der Waals surface area contributed by atoms with Gasteiger partial charge in [-0.1, -0.05) is 50.7 Å². The third-order valence-corrected chi connectivity index (χ3v) is 18.2. The Bertz CT molecular complexity index is 2170. The van der Waals surface area contributed by atoms with Crippen molar-refractivity contribution in [1.29, 1.82) is 0 Å². The number of piperazine rings is 1. The maximum Gasteiger partial charge on any atom is 0.246 e. The van der Waals surface area contributed by atoms with Gasteiger partial charge in [0.25, 0.3) is 0 Å². The molecule has 1 unspecified atom stereocenters. The van der Waals surface area contributed by atoms with Crippen LogP contribution in [-0.4, -0.2) is 135 Å². The van der Waals surface area contributed by atoms with Gasteiger partial charge in [-0.15, -0.1) is 0 Å². The number of hydrogen-bond donors (Lipinski definition) is 6. The Hall–Kier alpha value is -5.22. The van der Waals surface area contributed by atoms with Crippen LogP contribution < -0.4 is 41.7 Å². The molecule has 74 heavy (non-hydrogen) atoms. The lowest BCUT2D eigenvalue weighted by molar-refractivity contribution is -0.143. The van der Waals surface area contributed by atoms with Crippen LogP contribution in [-0.2, 0) is 41.6 Å². The maximum absolute atomic E-state index is 14.3. The zero-order valence-electron chi connectivity index (χ0n) is 44.9. The first kappa shape index (κ1) is 53.6. The predicted molar refractivity (Wildman–Crippen MR) is 288 cm³/mol. The number of carbonyl (C=O) groups excluding carboxylic acids is 6. The van der Waals surface area contributed by atoms with Crippen LogP contribution in [0, 0.1) is 11.8 Å². The summed E-state index contributed by atoms with van der Waals surface area (Å²) in [6.45, 7) is 8.18. The summed E-state index contributed by atoms with van der Waals surface area (Å²) >= 11 is 0. The Balaban J connectivity index is 0.791. The minimum absolute atomic E-state index is 0.0764. The van der Waals surface area contributed by atoms with Crippen molar-refractivity contribution in [1.82, 2.24) is 41.7 Å². The number of nitrogens with one attached hydrogen (secondary N) is 6. The third kappa shape index (κ3) is 12.1. The van der Waals surface area contributed by atoms with E-state index in [-0.39, 0.29) is 59.4 Å².